The zero-order valence-electron chi connectivity index (χ0n) is 33.3. The van der Waals surface area contributed by atoms with Gasteiger partial charge >= 0.3 is 12.1 Å². The highest BCUT2D eigenvalue weighted by atomic mass is 16.5. The van der Waals surface area contributed by atoms with E-state index in [1.54, 1.807) is 42.2 Å². The number of carbonyl (C=O) groups excluding carboxylic acids is 5. The lowest BCUT2D eigenvalue weighted by Gasteiger charge is -2.32. The Morgan fingerprint density at radius 3 is 1.81 bits per heavy atom. The number of hydrogen-bond donors (Lipinski definition) is 4. The fraction of sp³-hybridized carbons (Fsp3) is 0.348. The standard InChI is InChI=1S/C46H51N5O8/c1-30(44(56)51-24-14-5-15-25-51)47-42(54)38(26-31-16-6-3-7-17-31)48-43(55)40(27-32-18-8-4-9-19-32)50(2)45(57)39(28-41(52)53)49-46(58)59-29-37-35-22-12-10-20-33(35)34-21-11-13-23-36(34)37/h3-4,6-13,16-23,30,37-40H,5,14-15,24-29H2,1-2H3,(H,47,54)(H,48,55)(H,49,58)(H,52,53)/t30-,38-,39-,40-/m0/s1. The summed E-state index contributed by atoms with van der Waals surface area (Å²) in [7, 11) is 1.36. The molecule has 6 rings (SSSR count). The molecule has 4 aromatic rings. The number of fused-ring (bicyclic) bond motifs is 3. The summed E-state index contributed by atoms with van der Waals surface area (Å²) in [6.45, 7) is 2.79. The minimum absolute atomic E-state index is 0.00315. The number of piperidine rings is 1. The number of likely N-dealkylation sites (tertiary alicyclic amines) is 1. The topological polar surface area (TPSA) is 174 Å². The molecule has 0 radical (unpaired) electrons. The number of alkyl carbamates (subject to hydrolysis) is 1. The lowest BCUT2D eigenvalue weighted by molar-refractivity contribution is -0.145. The minimum Gasteiger partial charge on any atom is -0.481 e. The van der Waals surface area contributed by atoms with Gasteiger partial charge in [0.2, 0.25) is 23.6 Å². The van der Waals surface area contributed by atoms with Gasteiger partial charge in [-0.15, -0.1) is 0 Å². The average molecular weight is 802 g/mol. The van der Waals surface area contributed by atoms with Crippen LogP contribution in [0.25, 0.3) is 11.1 Å². The molecule has 0 unspecified atom stereocenters. The van der Waals surface area contributed by atoms with Crippen LogP contribution in [0.1, 0.15) is 60.8 Å². The van der Waals surface area contributed by atoms with E-state index in [1.807, 2.05) is 78.9 Å². The van der Waals surface area contributed by atoms with Gasteiger partial charge in [0.1, 0.15) is 30.8 Å². The number of aliphatic carboxylic acids is 1. The molecule has 1 saturated heterocycles. The van der Waals surface area contributed by atoms with Crippen LogP contribution in [0.3, 0.4) is 0 Å². The van der Waals surface area contributed by atoms with Crippen molar-refractivity contribution in [3.05, 3.63) is 131 Å². The number of carboxylic acids is 1. The zero-order valence-corrected chi connectivity index (χ0v) is 33.3. The molecular weight excluding hydrogens is 751 g/mol. The molecule has 13 heteroatoms. The molecule has 4 atom stereocenters. The Morgan fingerprint density at radius 2 is 1.24 bits per heavy atom. The van der Waals surface area contributed by atoms with Gasteiger partial charge in [0, 0.05) is 38.9 Å². The van der Waals surface area contributed by atoms with Crippen molar-refractivity contribution in [1.82, 2.24) is 25.8 Å². The van der Waals surface area contributed by atoms with Crippen molar-refractivity contribution in [1.29, 1.82) is 0 Å². The Kier molecular flexibility index (Phi) is 14.1. The Balaban J connectivity index is 1.19. The number of hydrogen-bond acceptors (Lipinski definition) is 7. The summed E-state index contributed by atoms with van der Waals surface area (Å²) in [6, 6.07) is 28.8. The van der Waals surface area contributed by atoms with E-state index in [4.69, 9.17) is 4.74 Å². The quantitative estimate of drug-likeness (QED) is 0.126. The van der Waals surface area contributed by atoms with Gasteiger partial charge < -0.3 is 35.6 Å². The maximum Gasteiger partial charge on any atom is 0.407 e. The van der Waals surface area contributed by atoms with E-state index >= 15 is 0 Å². The molecule has 0 spiro atoms. The summed E-state index contributed by atoms with van der Waals surface area (Å²) in [6.07, 6.45) is 1.14. The van der Waals surface area contributed by atoms with Gasteiger partial charge in [-0.3, -0.25) is 24.0 Å². The maximum absolute atomic E-state index is 14.4. The molecule has 2 aliphatic rings. The van der Waals surface area contributed by atoms with Gasteiger partial charge in [-0.1, -0.05) is 109 Å². The Bertz CT molecular complexity index is 2080. The molecule has 0 saturated carbocycles. The van der Waals surface area contributed by atoms with E-state index in [1.165, 1.54) is 7.05 Å². The number of carboxylic acid groups (broad SMARTS) is 1. The normalized spacial score (nSPS) is 15.3. The third-order valence-corrected chi connectivity index (χ3v) is 11.0. The molecule has 59 heavy (non-hydrogen) atoms. The highest BCUT2D eigenvalue weighted by molar-refractivity contribution is 5.96. The summed E-state index contributed by atoms with van der Waals surface area (Å²) in [4.78, 5) is 84.0. The van der Waals surface area contributed by atoms with Gasteiger partial charge in [0.25, 0.3) is 0 Å². The van der Waals surface area contributed by atoms with E-state index in [0.29, 0.717) is 18.7 Å². The molecule has 4 N–H and O–H groups in total. The van der Waals surface area contributed by atoms with Gasteiger partial charge in [-0.05, 0) is 59.6 Å². The molecule has 308 valence electrons. The van der Waals surface area contributed by atoms with Crippen LogP contribution in [0.2, 0.25) is 0 Å². The predicted octanol–water partition coefficient (Wildman–Crippen LogP) is 4.68. The summed E-state index contributed by atoms with van der Waals surface area (Å²) in [5.41, 5.74) is 5.47. The number of nitrogens with one attached hydrogen (secondary N) is 3. The van der Waals surface area contributed by atoms with Crippen molar-refractivity contribution in [2.45, 2.75) is 75.5 Å². The van der Waals surface area contributed by atoms with Crippen molar-refractivity contribution in [2.75, 3.05) is 26.7 Å². The van der Waals surface area contributed by atoms with Gasteiger partial charge in [0.15, 0.2) is 0 Å². The van der Waals surface area contributed by atoms with Crippen molar-refractivity contribution in [2.24, 2.45) is 0 Å². The first-order valence-electron chi connectivity index (χ1n) is 20.1. The molecule has 1 aliphatic carbocycles. The van der Waals surface area contributed by atoms with Crippen LogP contribution in [0, 0.1) is 0 Å². The fourth-order valence-electron chi connectivity index (χ4n) is 7.89. The van der Waals surface area contributed by atoms with Crippen molar-refractivity contribution in [3.63, 3.8) is 0 Å². The summed E-state index contributed by atoms with van der Waals surface area (Å²) < 4.78 is 5.64. The predicted molar refractivity (Wildman–Crippen MR) is 221 cm³/mol. The van der Waals surface area contributed by atoms with Gasteiger partial charge in [-0.2, -0.15) is 0 Å². The van der Waals surface area contributed by atoms with Crippen LogP contribution in [0.15, 0.2) is 109 Å². The Morgan fingerprint density at radius 1 is 0.695 bits per heavy atom. The highest BCUT2D eigenvalue weighted by Gasteiger charge is 2.37. The molecule has 1 heterocycles. The van der Waals surface area contributed by atoms with E-state index in [2.05, 4.69) is 16.0 Å². The second kappa shape index (κ2) is 19.8. The fourth-order valence-corrected chi connectivity index (χ4v) is 7.89. The van der Waals surface area contributed by atoms with Crippen molar-refractivity contribution >= 4 is 35.7 Å². The smallest absolute Gasteiger partial charge is 0.407 e. The molecule has 0 aromatic heterocycles. The number of rotatable bonds is 16. The largest absolute Gasteiger partial charge is 0.481 e. The molecular formula is C46H51N5O8. The van der Waals surface area contributed by atoms with Crippen LogP contribution in [0.4, 0.5) is 4.79 Å². The van der Waals surface area contributed by atoms with E-state index < -0.39 is 60.4 Å². The molecule has 1 aliphatic heterocycles. The maximum atomic E-state index is 14.4. The number of nitrogens with zero attached hydrogens (tertiary/aromatic N) is 2. The molecule has 4 aromatic carbocycles. The van der Waals surface area contributed by atoms with Crippen LogP contribution in [0.5, 0.6) is 0 Å². The lowest BCUT2D eigenvalue weighted by atomic mass is 9.98. The third kappa shape index (κ3) is 10.7. The van der Waals surface area contributed by atoms with Crippen molar-refractivity contribution < 1.29 is 38.6 Å². The van der Waals surface area contributed by atoms with Crippen molar-refractivity contribution in [3.8, 4) is 11.1 Å². The minimum atomic E-state index is -1.59. The second-order valence-electron chi connectivity index (χ2n) is 15.1. The van der Waals surface area contributed by atoms with Crippen LogP contribution in [-0.2, 0) is 41.6 Å². The summed E-state index contributed by atoms with van der Waals surface area (Å²) in [5.74, 6) is -3.94. The number of likely N-dealkylation sites (N-methyl/N-ethyl adjacent to an activating group) is 1. The molecule has 13 nitrogen and oxygen atoms in total. The average Bonchev–Trinajstić information content (AvgIpc) is 3.57. The summed E-state index contributed by atoms with van der Waals surface area (Å²) in [5, 5.41) is 17.9. The first kappa shape index (κ1) is 42.1. The SMILES string of the molecule is C[C@H](NC(=O)[C@H](Cc1ccccc1)NC(=O)[C@H](Cc1ccccc1)N(C)C(=O)[C@H](CC(=O)O)NC(=O)OCC1c2ccccc2-c2ccccc21)C(=O)N1CCCCC1. The zero-order chi connectivity index (χ0) is 41.9. The second-order valence-corrected chi connectivity index (χ2v) is 15.1. The van der Waals surface area contributed by atoms with Gasteiger partial charge in [-0.25, -0.2) is 4.79 Å². The highest BCUT2D eigenvalue weighted by Crippen LogP contribution is 2.44. The number of amides is 5. The van der Waals surface area contributed by atoms with Crippen LogP contribution >= 0.6 is 0 Å². The summed E-state index contributed by atoms with van der Waals surface area (Å²) >= 11 is 0. The molecule has 5 amide bonds. The van der Waals surface area contributed by atoms with Crippen LogP contribution in [-0.4, -0.2) is 102 Å². The first-order chi connectivity index (χ1) is 28.5. The molecule has 1 fully saturated rings. The molecule has 0 bridgehead atoms. The van der Waals surface area contributed by atoms with Crippen LogP contribution < -0.4 is 16.0 Å². The first-order valence-corrected chi connectivity index (χ1v) is 20.1. The van der Waals surface area contributed by atoms with Gasteiger partial charge in [0.05, 0.1) is 6.42 Å². The van der Waals surface area contributed by atoms with E-state index in [0.717, 1.165) is 52.0 Å². The van der Waals surface area contributed by atoms with E-state index in [9.17, 15) is 33.9 Å². The lowest BCUT2D eigenvalue weighted by Crippen LogP contribution is -2.59. The number of benzene rings is 4. The monoisotopic (exact) mass is 801 g/mol. The number of ether oxygens (including phenoxy) is 1. The third-order valence-electron chi connectivity index (χ3n) is 11.0. The number of carbonyl (C=O) groups is 6. The Hall–Kier alpha value is -6.50. The van der Waals surface area contributed by atoms with E-state index in [-0.39, 0.29) is 31.3 Å². The Labute approximate surface area is 344 Å².